The Morgan fingerprint density at radius 2 is 1.84 bits per heavy atom. The van der Waals surface area contributed by atoms with Crippen molar-refractivity contribution in [3.8, 4) is 0 Å². The van der Waals surface area contributed by atoms with E-state index in [2.05, 4.69) is 27.1 Å². The molecule has 0 bridgehead atoms. The molecule has 7 nitrogen and oxygen atoms in total. The number of piperidine rings is 1. The second kappa shape index (κ2) is 9.73. The molecule has 1 aromatic heterocycles. The number of nitrogens with one attached hydrogen (secondary N) is 1. The molecule has 0 saturated carbocycles. The molecule has 0 spiro atoms. The first kappa shape index (κ1) is 22.3. The topological polar surface area (TPSA) is 78.4 Å². The summed E-state index contributed by atoms with van der Waals surface area (Å²) in [6, 6.07) is 5.43. The largest absolute Gasteiger partial charge is 0.331 e. The van der Waals surface area contributed by atoms with Crippen molar-refractivity contribution in [3.05, 3.63) is 53.4 Å². The second-order valence-corrected chi connectivity index (χ2v) is 8.89. The molecule has 2 aliphatic heterocycles. The van der Waals surface area contributed by atoms with Gasteiger partial charge in [0.2, 0.25) is 5.91 Å². The van der Waals surface area contributed by atoms with E-state index < -0.39 is 0 Å². The van der Waals surface area contributed by atoms with E-state index in [1.54, 1.807) is 6.92 Å². The van der Waals surface area contributed by atoms with Gasteiger partial charge in [-0.3, -0.25) is 14.5 Å². The van der Waals surface area contributed by atoms with E-state index in [9.17, 15) is 14.0 Å². The highest BCUT2D eigenvalue weighted by atomic mass is 19.1. The minimum atomic E-state index is -0.364. The number of likely N-dealkylation sites (tertiary alicyclic amines) is 2. The van der Waals surface area contributed by atoms with Gasteiger partial charge in [-0.1, -0.05) is 6.92 Å². The summed E-state index contributed by atoms with van der Waals surface area (Å²) in [5.41, 5.74) is 1.41. The van der Waals surface area contributed by atoms with Crippen LogP contribution in [-0.4, -0.2) is 57.8 Å². The molecule has 1 atom stereocenters. The number of nitrogens with zero attached hydrogens (tertiary/aromatic N) is 4. The van der Waals surface area contributed by atoms with Gasteiger partial charge in [0.15, 0.2) is 5.82 Å². The molecule has 32 heavy (non-hydrogen) atoms. The summed E-state index contributed by atoms with van der Waals surface area (Å²) in [6.45, 7) is 7.13. The standard InChI is InChI=1S/C24H30FN5O2/c1-16-9-12-29(13-10-16)15-22(31)30-11-3-4-21(30)23-26-14-20(17(2)27-23)24(32)28-19-7-5-18(25)6-8-19/h5-8,14,16,21H,3-4,9-13,15H2,1-2H3,(H,28,32). The van der Waals surface area contributed by atoms with Crippen molar-refractivity contribution in [2.75, 3.05) is 31.5 Å². The van der Waals surface area contributed by atoms with Gasteiger partial charge in [-0.05, 0) is 75.9 Å². The molecule has 2 saturated heterocycles. The Morgan fingerprint density at radius 3 is 2.53 bits per heavy atom. The number of aromatic nitrogens is 2. The van der Waals surface area contributed by atoms with Crippen LogP contribution in [0.4, 0.5) is 10.1 Å². The third-order valence-corrected chi connectivity index (χ3v) is 6.45. The van der Waals surface area contributed by atoms with Crippen LogP contribution in [0.15, 0.2) is 30.5 Å². The summed E-state index contributed by atoms with van der Waals surface area (Å²) < 4.78 is 13.1. The summed E-state index contributed by atoms with van der Waals surface area (Å²) in [6.07, 6.45) is 5.54. The maximum atomic E-state index is 13.1. The van der Waals surface area contributed by atoms with E-state index in [1.165, 1.54) is 30.5 Å². The number of rotatable bonds is 5. The fourth-order valence-electron chi connectivity index (χ4n) is 4.44. The Hall–Kier alpha value is -2.87. The average molecular weight is 440 g/mol. The van der Waals surface area contributed by atoms with Crippen LogP contribution in [0.25, 0.3) is 0 Å². The lowest BCUT2D eigenvalue weighted by atomic mass is 9.99. The molecule has 8 heteroatoms. The number of halogens is 1. The predicted octanol–water partition coefficient (Wildman–Crippen LogP) is 3.57. The highest BCUT2D eigenvalue weighted by Gasteiger charge is 2.33. The third kappa shape index (κ3) is 5.12. The van der Waals surface area contributed by atoms with Crippen LogP contribution in [0, 0.1) is 18.7 Å². The number of carbonyl (C=O) groups excluding carboxylic acids is 2. The molecule has 2 aromatic rings. The first-order chi connectivity index (χ1) is 15.4. The number of anilines is 1. The molecule has 2 aliphatic rings. The first-order valence-electron chi connectivity index (χ1n) is 11.3. The van der Waals surface area contributed by atoms with Crippen LogP contribution in [0.5, 0.6) is 0 Å². The van der Waals surface area contributed by atoms with E-state index in [1.807, 2.05) is 4.90 Å². The van der Waals surface area contributed by atoms with Gasteiger partial charge in [0, 0.05) is 18.4 Å². The van der Waals surface area contributed by atoms with Gasteiger partial charge in [-0.2, -0.15) is 0 Å². The third-order valence-electron chi connectivity index (χ3n) is 6.45. The van der Waals surface area contributed by atoms with E-state index in [4.69, 9.17) is 0 Å². The maximum Gasteiger partial charge on any atom is 0.259 e. The van der Waals surface area contributed by atoms with E-state index in [0.717, 1.165) is 44.7 Å². The monoisotopic (exact) mass is 439 g/mol. The summed E-state index contributed by atoms with van der Waals surface area (Å²) in [7, 11) is 0. The predicted molar refractivity (Wildman–Crippen MR) is 120 cm³/mol. The second-order valence-electron chi connectivity index (χ2n) is 8.89. The summed E-state index contributed by atoms with van der Waals surface area (Å²) in [5, 5.41) is 2.74. The zero-order chi connectivity index (χ0) is 22.7. The number of carbonyl (C=O) groups is 2. The fourth-order valence-corrected chi connectivity index (χ4v) is 4.44. The lowest BCUT2D eigenvalue weighted by Gasteiger charge is -2.32. The molecule has 1 N–H and O–H groups in total. The number of amides is 2. The van der Waals surface area contributed by atoms with Crippen LogP contribution in [-0.2, 0) is 4.79 Å². The Labute approximate surface area is 188 Å². The lowest BCUT2D eigenvalue weighted by molar-refractivity contribution is -0.133. The number of hydrogen-bond acceptors (Lipinski definition) is 5. The molecule has 2 amide bonds. The summed E-state index contributed by atoms with van der Waals surface area (Å²) >= 11 is 0. The Bertz CT molecular complexity index is 973. The van der Waals surface area contributed by atoms with Gasteiger partial charge < -0.3 is 10.2 Å². The van der Waals surface area contributed by atoms with E-state index in [0.29, 0.717) is 35.9 Å². The van der Waals surface area contributed by atoms with Crippen LogP contribution in [0.3, 0.4) is 0 Å². The molecule has 4 rings (SSSR count). The van der Waals surface area contributed by atoms with E-state index >= 15 is 0 Å². The molecular formula is C24H30FN5O2. The molecule has 1 unspecified atom stereocenters. The van der Waals surface area contributed by atoms with Gasteiger partial charge >= 0.3 is 0 Å². The van der Waals surface area contributed by atoms with Crippen LogP contribution >= 0.6 is 0 Å². The number of aryl methyl sites for hydroxylation is 1. The van der Waals surface area contributed by atoms with Gasteiger partial charge in [-0.25, -0.2) is 14.4 Å². The minimum absolute atomic E-state index is 0.126. The highest BCUT2D eigenvalue weighted by Crippen LogP contribution is 2.30. The summed E-state index contributed by atoms with van der Waals surface area (Å²) in [4.78, 5) is 38.8. The molecule has 3 heterocycles. The van der Waals surface area contributed by atoms with Crippen molar-refractivity contribution in [1.82, 2.24) is 19.8 Å². The molecule has 0 radical (unpaired) electrons. The first-order valence-corrected chi connectivity index (χ1v) is 11.3. The van der Waals surface area contributed by atoms with Crippen LogP contribution in [0.1, 0.15) is 60.5 Å². The van der Waals surface area contributed by atoms with Gasteiger partial charge in [-0.15, -0.1) is 0 Å². The molecule has 2 fully saturated rings. The maximum absolute atomic E-state index is 13.1. The highest BCUT2D eigenvalue weighted by molar-refractivity contribution is 6.04. The summed E-state index contributed by atoms with van der Waals surface area (Å²) in [5.74, 6) is 0.730. The van der Waals surface area contributed by atoms with Gasteiger partial charge in [0.1, 0.15) is 5.82 Å². The minimum Gasteiger partial charge on any atom is -0.331 e. The average Bonchev–Trinajstić information content (AvgIpc) is 3.27. The zero-order valence-corrected chi connectivity index (χ0v) is 18.7. The SMILES string of the molecule is Cc1nc(C2CCCN2C(=O)CN2CCC(C)CC2)ncc1C(=O)Nc1ccc(F)cc1. The molecule has 170 valence electrons. The molecule has 1 aromatic carbocycles. The fraction of sp³-hybridized carbons (Fsp3) is 0.500. The normalized spacial score (nSPS) is 19.8. The van der Waals surface area contributed by atoms with Crippen molar-refractivity contribution < 1.29 is 14.0 Å². The van der Waals surface area contributed by atoms with Crippen molar-refractivity contribution >= 4 is 17.5 Å². The zero-order valence-electron chi connectivity index (χ0n) is 18.7. The molecule has 0 aliphatic carbocycles. The van der Waals surface area contributed by atoms with Crippen LogP contribution in [0.2, 0.25) is 0 Å². The Balaban J connectivity index is 1.42. The van der Waals surface area contributed by atoms with E-state index in [-0.39, 0.29) is 23.7 Å². The van der Waals surface area contributed by atoms with Crippen molar-refractivity contribution in [2.45, 2.75) is 45.6 Å². The van der Waals surface area contributed by atoms with Gasteiger partial charge in [0.25, 0.3) is 5.91 Å². The number of benzene rings is 1. The Morgan fingerprint density at radius 1 is 1.12 bits per heavy atom. The lowest BCUT2D eigenvalue weighted by Crippen LogP contribution is -2.43. The smallest absolute Gasteiger partial charge is 0.259 e. The number of hydrogen-bond donors (Lipinski definition) is 1. The Kier molecular flexibility index (Phi) is 6.79. The van der Waals surface area contributed by atoms with Crippen LogP contribution < -0.4 is 5.32 Å². The van der Waals surface area contributed by atoms with Crippen molar-refractivity contribution in [1.29, 1.82) is 0 Å². The van der Waals surface area contributed by atoms with Gasteiger partial charge in [0.05, 0.1) is 23.8 Å². The van der Waals surface area contributed by atoms with Crippen molar-refractivity contribution in [3.63, 3.8) is 0 Å². The quantitative estimate of drug-likeness (QED) is 0.771. The van der Waals surface area contributed by atoms with Crippen molar-refractivity contribution in [2.24, 2.45) is 5.92 Å². The molecular weight excluding hydrogens is 409 g/mol.